The van der Waals surface area contributed by atoms with Gasteiger partial charge in [0.25, 0.3) is 0 Å². The summed E-state index contributed by atoms with van der Waals surface area (Å²) in [5.74, 6) is -1.03. The molecule has 7 nitrogen and oxygen atoms in total. The molecule has 7 heteroatoms. The van der Waals surface area contributed by atoms with Crippen molar-refractivity contribution < 1.29 is 34.0 Å². The Balaban J connectivity index is 1.97. The van der Waals surface area contributed by atoms with Crippen molar-refractivity contribution in [2.24, 2.45) is 0 Å². The van der Waals surface area contributed by atoms with Crippen LogP contribution in [0.5, 0.6) is 11.5 Å². The maximum absolute atomic E-state index is 11.7. The monoisotopic (exact) mass is 342 g/mol. The summed E-state index contributed by atoms with van der Waals surface area (Å²) in [5.41, 5.74) is 0.0823. The van der Waals surface area contributed by atoms with Crippen LogP contribution < -0.4 is 0 Å². The van der Waals surface area contributed by atoms with Gasteiger partial charge in [-0.2, -0.15) is 0 Å². The molecule has 0 spiro atoms. The van der Waals surface area contributed by atoms with Gasteiger partial charge in [0.1, 0.15) is 18.1 Å². The van der Waals surface area contributed by atoms with Crippen molar-refractivity contribution in [1.82, 2.24) is 0 Å². The fraction of sp³-hybridized carbons (Fsp3) is 0.588. The molecular formula is C17H26O7. The highest BCUT2D eigenvalue weighted by Crippen LogP contribution is 2.20. The molecule has 0 aliphatic heterocycles. The first-order valence-corrected chi connectivity index (χ1v) is 8.07. The lowest BCUT2D eigenvalue weighted by Crippen LogP contribution is -2.14. The van der Waals surface area contributed by atoms with Gasteiger partial charge in [-0.1, -0.05) is 13.3 Å². The van der Waals surface area contributed by atoms with Crippen molar-refractivity contribution in [3.8, 4) is 11.5 Å². The zero-order valence-electron chi connectivity index (χ0n) is 14.0. The number of carbonyl (C=O) groups is 1. The van der Waals surface area contributed by atoms with E-state index in [1.165, 1.54) is 12.1 Å². The minimum absolute atomic E-state index is 0.0788. The summed E-state index contributed by atoms with van der Waals surface area (Å²) in [6, 6.07) is 3.58. The Kier molecular flexibility index (Phi) is 10.6. The summed E-state index contributed by atoms with van der Waals surface area (Å²) in [6.07, 6.45) is 2.18. The first kappa shape index (κ1) is 20.2. The normalized spacial score (nSPS) is 10.7. The van der Waals surface area contributed by atoms with Gasteiger partial charge in [-0.15, -0.1) is 0 Å². The highest BCUT2D eigenvalue weighted by atomic mass is 16.6. The average Bonchev–Trinajstić information content (AvgIpc) is 2.54. The molecule has 1 aromatic carbocycles. The number of rotatable bonds is 13. The molecule has 0 bridgehead atoms. The van der Waals surface area contributed by atoms with E-state index in [0.717, 1.165) is 25.5 Å². The van der Waals surface area contributed by atoms with Gasteiger partial charge in [0.15, 0.2) is 0 Å². The summed E-state index contributed by atoms with van der Waals surface area (Å²) in [6.45, 7) is 5.16. The molecule has 1 aromatic rings. The number of esters is 1. The molecule has 0 saturated heterocycles. The van der Waals surface area contributed by atoms with Crippen molar-refractivity contribution in [3.05, 3.63) is 23.8 Å². The third-order valence-electron chi connectivity index (χ3n) is 2.99. The summed E-state index contributed by atoms with van der Waals surface area (Å²) in [7, 11) is 0. The van der Waals surface area contributed by atoms with Gasteiger partial charge >= 0.3 is 5.97 Å². The number of hydrogen-bond donors (Lipinski definition) is 2. The van der Waals surface area contributed by atoms with Crippen LogP contribution in [0.15, 0.2) is 18.2 Å². The molecule has 0 aromatic heterocycles. The number of carbonyl (C=O) groups excluding carboxylic acids is 1. The van der Waals surface area contributed by atoms with E-state index >= 15 is 0 Å². The van der Waals surface area contributed by atoms with Crippen molar-refractivity contribution in [1.29, 1.82) is 0 Å². The molecule has 0 radical (unpaired) electrons. The maximum atomic E-state index is 11.7. The fourth-order valence-corrected chi connectivity index (χ4v) is 1.78. The second-order valence-electron chi connectivity index (χ2n) is 5.06. The van der Waals surface area contributed by atoms with Gasteiger partial charge in [-0.3, -0.25) is 0 Å². The predicted molar refractivity (Wildman–Crippen MR) is 87.4 cm³/mol. The molecule has 2 N–H and O–H groups in total. The number of unbranched alkanes of at least 4 members (excludes halogenated alkanes) is 1. The lowest BCUT2D eigenvalue weighted by Gasteiger charge is -2.08. The van der Waals surface area contributed by atoms with Gasteiger partial charge in [-0.25, -0.2) is 4.79 Å². The van der Waals surface area contributed by atoms with E-state index < -0.39 is 5.97 Å². The van der Waals surface area contributed by atoms with E-state index in [4.69, 9.17) is 18.9 Å². The Hall–Kier alpha value is -1.83. The summed E-state index contributed by atoms with van der Waals surface area (Å²) in [5, 5.41) is 18.6. The number of phenols is 2. The predicted octanol–water partition coefficient (Wildman–Crippen LogP) is 2.10. The minimum atomic E-state index is -0.634. The standard InChI is InChI=1S/C17H26O7/c1-2-3-4-21-5-6-22-7-8-23-9-10-24-17(20)14-11-15(18)13-16(19)12-14/h11-13,18-19H,2-10H2,1H3. The van der Waals surface area contributed by atoms with Crippen LogP contribution in [-0.4, -0.2) is 62.4 Å². The number of phenolic OH excluding ortho intramolecular Hbond substituents is 2. The molecule has 0 saturated carbocycles. The number of ether oxygens (including phenoxy) is 4. The van der Waals surface area contributed by atoms with E-state index in [-0.39, 0.29) is 30.3 Å². The molecule has 0 aliphatic carbocycles. The first-order chi connectivity index (χ1) is 11.6. The van der Waals surface area contributed by atoms with Gasteiger partial charge in [0.05, 0.1) is 38.6 Å². The maximum Gasteiger partial charge on any atom is 0.338 e. The van der Waals surface area contributed by atoms with Crippen LogP contribution in [0.2, 0.25) is 0 Å². The first-order valence-electron chi connectivity index (χ1n) is 8.07. The molecule has 0 amide bonds. The highest BCUT2D eigenvalue weighted by molar-refractivity contribution is 5.90. The molecule has 0 atom stereocenters. The second kappa shape index (κ2) is 12.6. The van der Waals surface area contributed by atoms with Crippen LogP contribution in [0.4, 0.5) is 0 Å². The summed E-state index contributed by atoms with van der Waals surface area (Å²) in [4.78, 5) is 11.7. The largest absolute Gasteiger partial charge is 0.508 e. The molecule has 0 aliphatic rings. The van der Waals surface area contributed by atoms with Crippen LogP contribution in [0, 0.1) is 0 Å². The Bertz CT molecular complexity index is 456. The second-order valence-corrected chi connectivity index (χ2v) is 5.06. The lowest BCUT2D eigenvalue weighted by molar-refractivity contribution is 0.000272. The molecule has 0 unspecified atom stereocenters. The van der Waals surface area contributed by atoms with E-state index in [2.05, 4.69) is 6.92 Å². The third kappa shape index (κ3) is 9.34. The quantitative estimate of drug-likeness (QED) is 0.419. The van der Waals surface area contributed by atoms with Crippen LogP contribution in [0.1, 0.15) is 30.1 Å². The zero-order valence-corrected chi connectivity index (χ0v) is 14.0. The van der Waals surface area contributed by atoms with Gasteiger partial charge in [0, 0.05) is 12.7 Å². The van der Waals surface area contributed by atoms with E-state index in [1.54, 1.807) is 0 Å². The van der Waals surface area contributed by atoms with Gasteiger partial charge in [-0.05, 0) is 18.6 Å². The van der Waals surface area contributed by atoms with E-state index in [1.807, 2.05) is 0 Å². The molecular weight excluding hydrogens is 316 g/mol. The summed E-state index contributed by atoms with van der Waals surface area (Å²) >= 11 is 0. The van der Waals surface area contributed by atoms with Crippen LogP contribution in [0.25, 0.3) is 0 Å². The van der Waals surface area contributed by atoms with Gasteiger partial charge < -0.3 is 29.2 Å². The van der Waals surface area contributed by atoms with E-state index in [0.29, 0.717) is 26.4 Å². The van der Waals surface area contributed by atoms with E-state index in [9.17, 15) is 15.0 Å². The topological polar surface area (TPSA) is 94.5 Å². The fourth-order valence-electron chi connectivity index (χ4n) is 1.78. The van der Waals surface area contributed by atoms with Gasteiger partial charge in [0.2, 0.25) is 0 Å². The average molecular weight is 342 g/mol. The molecule has 24 heavy (non-hydrogen) atoms. The third-order valence-corrected chi connectivity index (χ3v) is 2.99. The van der Waals surface area contributed by atoms with Crippen LogP contribution >= 0.6 is 0 Å². The molecule has 0 heterocycles. The summed E-state index contributed by atoms with van der Waals surface area (Å²) < 4.78 is 20.9. The van der Waals surface area contributed by atoms with Crippen molar-refractivity contribution in [2.75, 3.05) is 46.2 Å². The van der Waals surface area contributed by atoms with Crippen LogP contribution in [-0.2, 0) is 18.9 Å². The highest BCUT2D eigenvalue weighted by Gasteiger charge is 2.09. The molecule has 136 valence electrons. The Morgan fingerprint density at radius 1 is 0.833 bits per heavy atom. The SMILES string of the molecule is CCCCOCCOCCOCCOC(=O)c1cc(O)cc(O)c1. The van der Waals surface area contributed by atoms with Crippen molar-refractivity contribution in [2.45, 2.75) is 19.8 Å². The van der Waals surface area contributed by atoms with Crippen molar-refractivity contribution >= 4 is 5.97 Å². The number of hydrogen-bond acceptors (Lipinski definition) is 7. The minimum Gasteiger partial charge on any atom is -0.508 e. The number of aromatic hydroxyl groups is 2. The Labute approximate surface area is 142 Å². The lowest BCUT2D eigenvalue weighted by atomic mass is 10.2. The zero-order chi connectivity index (χ0) is 17.6. The Morgan fingerprint density at radius 3 is 1.88 bits per heavy atom. The molecule has 1 rings (SSSR count). The smallest absolute Gasteiger partial charge is 0.338 e. The number of benzene rings is 1. The van der Waals surface area contributed by atoms with Crippen molar-refractivity contribution in [3.63, 3.8) is 0 Å². The Morgan fingerprint density at radius 2 is 1.33 bits per heavy atom. The molecule has 0 fully saturated rings. The van der Waals surface area contributed by atoms with Crippen LogP contribution in [0.3, 0.4) is 0 Å².